The highest BCUT2D eigenvalue weighted by molar-refractivity contribution is 6.74. The van der Waals surface area contributed by atoms with Gasteiger partial charge in [-0.05, 0) is 80.0 Å². The third-order valence-electron chi connectivity index (χ3n) is 10.2. The third kappa shape index (κ3) is 12.0. The molecule has 7 nitrogen and oxygen atoms in total. The maximum absolute atomic E-state index is 14.2. The van der Waals surface area contributed by atoms with Gasteiger partial charge in [-0.25, -0.2) is 9.87 Å². The predicted molar refractivity (Wildman–Crippen MR) is 190 cm³/mol. The fourth-order valence-corrected chi connectivity index (χ4v) is 7.92. The molecule has 10 heteroatoms. The quantitative estimate of drug-likeness (QED) is 0.0558. The van der Waals surface area contributed by atoms with E-state index in [0.29, 0.717) is 25.9 Å². The molecule has 1 fully saturated rings. The molecular formula is C36H62FNO6Si2. The Balaban J connectivity index is 2.34. The van der Waals surface area contributed by atoms with Crippen molar-refractivity contribution in [3.63, 3.8) is 0 Å². The van der Waals surface area contributed by atoms with Gasteiger partial charge in [0.1, 0.15) is 0 Å². The summed E-state index contributed by atoms with van der Waals surface area (Å²) in [5.41, 5.74) is 2.61. The van der Waals surface area contributed by atoms with Gasteiger partial charge in [0.25, 0.3) is 0 Å². The van der Waals surface area contributed by atoms with Gasteiger partial charge in [0.15, 0.2) is 28.2 Å². The van der Waals surface area contributed by atoms with Crippen LogP contribution in [0, 0.1) is 17.7 Å². The van der Waals surface area contributed by atoms with Crippen LogP contribution < -0.4 is 10.2 Å². The van der Waals surface area contributed by atoms with E-state index in [4.69, 9.17) is 18.3 Å². The number of carbonyl (C=O) groups is 1. The Kier molecular flexibility index (Phi) is 15.4. The predicted octanol–water partition coefficient (Wildman–Crippen LogP) is 9.20. The minimum Gasteiger partial charge on any atom is -0.490 e. The van der Waals surface area contributed by atoms with Crippen LogP contribution in [0.5, 0.6) is 5.75 Å². The van der Waals surface area contributed by atoms with Crippen molar-refractivity contribution in [3.05, 3.63) is 54.4 Å². The van der Waals surface area contributed by atoms with Gasteiger partial charge in [-0.15, -0.1) is 0 Å². The molecule has 0 aliphatic heterocycles. The van der Waals surface area contributed by atoms with Gasteiger partial charge in [0.2, 0.25) is 0 Å². The number of para-hydroxylation sites is 1. The van der Waals surface area contributed by atoms with Crippen LogP contribution >= 0.6 is 0 Å². The zero-order valence-electron chi connectivity index (χ0n) is 30.3. The largest absolute Gasteiger partial charge is 0.490 e. The Morgan fingerprint density at radius 1 is 1.07 bits per heavy atom. The van der Waals surface area contributed by atoms with Crippen LogP contribution in [0.15, 0.2) is 48.6 Å². The summed E-state index contributed by atoms with van der Waals surface area (Å²) in [5, 5.41) is 10.4. The molecule has 1 unspecified atom stereocenters. The first-order chi connectivity index (χ1) is 21.3. The lowest BCUT2D eigenvalue weighted by atomic mass is 9.89. The highest BCUT2D eigenvalue weighted by Crippen LogP contribution is 2.44. The first kappa shape index (κ1) is 40.3. The summed E-state index contributed by atoms with van der Waals surface area (Å²) < 4.78 is 38.7. The average molecular weight is 680 g/mol. The molecule has 2 N–H and O–H groups in total. The molecule has 0 heterocycles. The molecule has 0 aromatic heterocycles. The van der Waals surface area contributed by atoms with E-state index in [1.54, 1.807) is 18.2 Å². The van der Waals surface area contributed by atoms with E-state index < -0.39 is 16.6 Å². The van der Waals surface area contributed by atoms with Crippen LogP contribution in [-0.2, 0) is 18.4 Å². The van der Waals surface area contributed by atoms with Crippen molar-refractivity contribution in [2.45, 2.75) is 135 Å². The normalized spacial score (nSPS) is 22.1. The molecule has 2 rings (SSSR count). The minimum atomic E-state index is -2.15. The maximum atomic E-state index is 14.2. The number of allylic oxidation sites excluding steroid dienone is 2. The van der Waals surface area contributed by atoms with Crippen molar-refractivity contribution < 1.29 is 32.7 Å². The molecule has 1 aromatic rings. The summed E-state index contributed by atoms with van der Waals surface area (Å²) in [6.07, 6.45) is 12.4. The lowest BCUT2D eigenvalue weighted by Gasteiger charge is -2.40. The van der Waals surface area contributed by atoms with Gasteiger partial charge in [-0.1, -0.05) is 78.0 Å². The van der Waals surface area contributed by atoms with Gasteiger partial charge < -0.3 is 23.5 Å². The van der Waals surface area contributed by atoms with Gasteiger partial charge in [-0.2, -0.15) is 0 Å². The Hall–Kier alpha value is -1.83. The van der Waals surface area contributed by atoms with Crippen LogP contribution in [0.1, 0.15) is 80.1 Å². The van der Waals surface area contributed by atoms with Crippen molar-refractivity contribution >= 4 is 22.6 Å². The summed E-state index contributed by atoms with van der Waals surface area (Å²) in [7, 11) is -2.82. The van der Waals surface area contributed by atoms with E-state index in [1.807, 2.05) is 0 Å². The van der Waals surface area contributed by atoms with E-state index in [9.17, 15) is 14.4 Å². The molecule has 46 heavy (non-hydrogen) atoms. The van der Waals surface area contributed by atoms with E-state index in [-0.39, 0.29) is 57.7 Å². The molecule has 0 bridgehead atoms. The summed E-state index contributed by atoms with van der Waals surface area (Å²) in [4.78, 5) is 11.5. The number of hydroxylamine groups is 1. The van der Waals surface area contributed by atoms with Crippen molar-refractivity contribution in [1.29, 1.82) is 0 Å². The molecule has 1 aliphatic rings. The molecule has 1 aliphatic carbocycles. The van der Waals surface area contributed by atoms with Crippen LogP contribution in [-0.4, -0.2) is 59.8 Å². The number of unbranched alkanes of at least 4 members (excludes halogenated alkanes) is 1. The van der Waals surface area contributed by atoms with Crippen LogP contribution in [0.2, 0.25) is 36.3 Å². The number of methoxy groups -OCH3 is 1. The van der Waals surface area contributed by atoms with Crippen LogP contribution in [0.4, 0.5) is 4.39 Å². The van der Waals surface area contributed by atoms with Gasteiger partial charge in [0, 0.05) is 24.8 Å². The highest BCUT2D eigenvalue weighted by Gasteiger charge is 2.47. The van der Waals surface area contributed by atoms with Crippen molar-refractivity contribution in [2.24, 2.45) is 11.8 Å². The molecule has 262 valence electrons. The third-order valence-corrected chi connectivity index (χ3v) is 19.2. The molecule has 0 saturated heterocycles. The van der Waals surface area contributed by atoms with Crippen LogP contribution in [0.3, 0.4) is 0 Å². The number of hydrogen-bond acceptors (Lipinski definition) is 7. The number of halogens is 1. The number of benzene rings is 1. The summed E-state index contributed by atoms with van der Waals surface area (Å²) in [6.45, 7) is 22.7. The Morgan fingerprint density at radius 2 is 1.72 bits per heavy atom. The van der Waals surface area contributed by atoms with Crippen molar-refractivity contribution in [1.82, 2.24) is 5.48 Å². The van der Waals surface area contributed by atoms with E-state index in [1.165, 1.54) is 13.2 Å². The first-order valence-electron chi connectivity index (χ1n) is 16.9. The Labute approximate surface area is 280 Å². The number of ether oxygens (including phenoxy) is 2. The summed E-state index contributed by atoms with van der Waals surface area (Å²) in [5.74, 6) is -0.200. The number of rotatable bonds is 17. The molecule has 0 radical (unpaired) electrons. The fourth-order valence-electron chi connectivity index (χ4n) is 5.23. The second kappa shape index (κ2) is 17.5. The zero-order valence-corrected chi connectivity index (χ0v) is 32.3. The molecule has 1 aromatic carbocycles. The molecule has 0 amide bonds. The number of esters is 1. The van der Waals surface area contributed by atoms with Crippen molar-refractivity contribution in [2.75, 3.05) is 13.7 Å². The average Bonchev–Trinajstić information content (AvgIpc) is 3.28. The summed E-state index contributed by atoms with van der Waals surface area (Å²) in [6, 6.07) is 6.28. The van der Waals surface area contributed by atoms with E-state index >= 15 is 0 Å². The smallest absolute Gasteiger partial charge is 0.305 e. The molecule has 1 saturated carbocycles. The van der Waals surface area contributed by atoms with Gasteiger partial charge in [-0.3, -0.25) is 4.79 Å². The molecule has 5 atom stereocenters. The second-order valence-electron chi connectivity index (χ2n) is 15.7. The minimum absolute atomic E-state index is 0.00232. The van der Waals surface area contributed by atoms with Gasteiger partial charge in [0.05, 0.1) is 25.9 Å². The first-order valence-corrected chi connectivity index (χ1v) is 22.7. The lowest BCUT2D eigenvalue weighted by molar-refractivity contribution is -0.140. The molecular weight excluding hydrogens is 618 g/mol. The number of nitrogens with one attached hydrogen (secondary N) is 1. The summed E-state index contributed by atoms with van der Waals surface area (Å²) >= 11 is 0. The van der Waals surface area contributed by atoms with Gasteiger partial charge >= 0.3 is 5.97 Å². The monoisotopic (exact) mass is 679 g/mol. The van der Waals surface area contributed by atoms with E-state index in [0.717, 1.165) is 19.3 Å². The zero-order chi connectivity index (χ0) is 34.8. The maximum Gasteiger partial charge on any atom is 0.305 e. The van der Waals surface area contributed by atoms with E-state index in [2.05, 4.69) is 97.5 Å². The Bertz CT molecular complexity index is 1140. The Morgan fingerprint density at radius 3 is 2.30 bits per heavy atom. The SMILES string of the molecule is COC(=O)CCC/C=C\C[C@H]1[C@@H](O[Si](C)(C)C(C)(C)C)CC(NO)[C@@H]1/C=C/[C@H](CCOc1ccccc1F)O[Si](C)(C)C(C)(C)C. The van der Waals surface area contributed by atoms with Crippen molar-refractivity contribution in [3.8, 4) is 5.75 Å². The molecule has 0 spiro atoms. The highest BCUT2D eigenvalue weighted by atomic mass is 28.4. The number of hydrogen-bond donors (Lipinski definition) is 2. The second-order valence-corrected chi connectivity index (χ2v) is 25.2. The lowest BCUT2D eigenvalue weighted by Crippen LogP contribution is -2.45. The standard InChI is InChI=1S/C36H62FNO6Si2/c1-35(2,3)45(8,9)43-27(24-25-42-32-20-17-16-19-30(32)37)22-23-28-29(18-14-12-13-15-21-34(39)41-7)33(26-31(28)38-40)44-46(10,11)36(4,5)6/h12,14,16-17,19-20,22-23,27-29,31,33,38,40H,13,15,18,21,24-26H2,1-11H3/b14-12-,23-22+/t27-,28-,29-,31?,33+/m1/s1. The van der Waals surface area contributed by atoms with Crippen LogP contribution in [0.25, 0.3) is 0 Å². The number of carbonyl (C=O) groups excluding carboxylic acids is 1. The topological polar surface area (TPSA) is 86.3 Å². The fraction of sp³-hybridized carbons (Fsp3) is 0.694.